The van der Waals surface area contributed by atoms with Crippen LogP contribution in [0.1, 0.15) is 24.8 Å². The molecule has 0 unspecified atom stereocenters. The zero-order chi connectivity index (χ0) is 21.6. The number of hydrogen-bond acceptors (Lipinski definition) is 6. The topological polar surface area (TPSA) is 103 Å². The van der Waals surface area contributed by atoms with E-state index in [-0.39, 0.29) is 19.4 Å². The molecule has 2 N–H and O–H groups in total. The number of amides is 2. The molecule has 2 amide bonds. The van der Waals surface area contributed by atoms with Gasteiger partial charge >= 0.3 is 5.97 Å². The number of carbonyl (C=O) groups is 3. The van der Waals surface area contributed by atoms with E-state index in [9.17, 15) is 14.4 Å². The maximum Gasteiger partial charge on any atom is 0.306 e. The van der Waals surface area contributed by atoms with Crippen molar-refractivity contribution >= 4 is 17.8 Å². The van der Waals surface area contributed by atoms with Crippen LogP contribution in [-0.4, -0.2) is 38.1 Å². The lowest BCUT2D eigenvalue weighted by molar-refractivity contribution is -0.145. The molecule has 2 rings (SSSR count). The minimum Gasteiger partial charge on any atom is -0.497 e. The molecule has 8 heteroatoms. The highest BCUT2D eigenvalue weighted by Gasteiger charge is 2.10. The number of benzene rings is 2. The highest BCUT2D eigenvalue weighted by molar-refractivity contribution is 5.84. The number of aryl methyl sites for hydroxylation is 1. The first-order valence-electron chi connectivity index (χ1n) is 9.61. The number of hydrazine groups is 1. The minimum absolute atomic E-state index is 0.0601. The largest absolute Gasteiger partial charge is 0.497 e. The lowest BCUT2D eigenvalue weighted by Gasteiger charge is -2.09. The predicted molar refractivity (Wildman–Crippen MR) is 110 cm³/mol. The van der Waals surface area contributed by atoms with Gasteiger partial charge in [0.15, 0.2) is 6.61 Å². The quantitative estimate of drug-likeness (QED) is 0.332. The molecule has 8 nitrogen and oxygen atoms in total. The Morgan fingerprint density at radius 3 is 2.20 bits per heavy atom. The number of rotatable bonds is 11. The molecule has 0 heterocycles. The van der Waals surface area contributed by atoms with E-state index in [1.807, 2.05) is 30.3 Å². The molecule has 2 aromatic rings. The van der Waals surface area contributed by atoms with Crippen molar-refractivity contribution in [2.24, 2.45) is 0 Å². The van der Waals surface area contributed by atoms with Crippen molar-refractivity contribution in [1.29, 1.82) is 0 Å². The Morgan fingerprint density at radius 2 is 1.50 bits per heavy atom. The smallest absolute Gasteiger partial charge is 0.306 e. The average Bonchev–Trinajstić information content (AvgIpc) is 2.78. The number of methoxy groups -OCH3 is 1. The van der Waals surface area contributed by atoms with Crippen LogP contribution >= 0.6 is 0 Å². The Morgan fingerprint density at radius 1 is 0.833 bits per heavy atom. The Kier molecular flexibility index (Phi) is 9.72. The van der Waals surface area contributed by atoms with E-state index in [0.717, 1.165) is 6.42 Å². The third kappa shape index (κ3) is 9.09. The van der Waals surface area contributed by atoms with E-state index in [1.165, 1.54) is 5.56 Å². The molecule has 0 aromatic heterocycles. The molecule has 0 fully saturated rings. The van der Waals surface area contributed by atoms with Gasteiger partial charge < -0.3 is 14.2 Å². The summed E-state index contributed by atoms with van der Waals surface area (Å²) in [5.74, 6) is -0.301. The summed E-state index contributed by atoms with van der Waals surface area (Å²) in [6, 6.07) is 16.6. The Balaban J connectivity index is 1.52. The van der Waals surface area contributed by atoms with Gasteiger partial charge in [0.2, 0.25) is 5.91 Å². The van der Waals surface area contributed by atoms with Crippen molar-refractivity contribution < 1.29 is 28.6 Å². The minimum atomic E-state index is -0.525. The lowest BCUT2D eigenvalue weighted by Crippen LogP contribution is -2.43. The molecule has 0 aliphatic carbocycles. The van der Waals surface area contributed by atoms with Crippen molar-refractivity contribution in [3.63, 3.8) is 0 Å². The van der Waals surface area contributed by atoms with E-state index < -0.39 is 17.8 Å². The molecule has 0 saturated carbocycles. The van der Waals surface area contributed by atoms with Gasteiger partial charge in [0, 0.05) is 6.42 Å². The standard InChI is InChI=1S/C22H26N2O6/c1-28-18-9-11-19(12-10-18)30-16-21(26)24-23-20(25)13-14-22(27)29-15-5-8-17-6-3-2-4-7-17/h2-4,6-7,9-12H,5,8,13-16H2,1H3,(H,23,25)(H,24,26). The summed E-state index contributed by atoms with van der Waals surface area (Å²) in [6.45, 7) is 0.0326. The number of ether oxygens (including phenoxy) is 3. The molecule has 160 valence electrons. The third-order valence-corrected chi connectivity index (χ3v) is 4.04. The van der Waals surface area contributed by atoms with Crippen LogP contribution in [0, 0.1) is 0 Å². The summed E-state index contributed by atoms with van der Waals surface area (Å²) in [5, 5.41) is 0. The van der Waals surface area contributed by atoms with Gasteiger partial charge in [-0.05, 0) is 42.7 Å². The van der Waals surface area contributed by atoms with Crippen LogP contribution in [-0.2, 0) is 25.5 Å². The summed E-state index contributed by atoms with van der Waals surface area (Å²) in [5.41, 5.74) is 5.64. The molecule has 0 atom stereocenters. The molecule has 0 aliphatic rings. The van der Waals surface area contributed by atoms with Crippen LogP contribution in [0.5, 0.6) is 11.5 Å². The van der Waals surface area contributed by atoms with Crippen LogP contribution in [0.4, 0.5) is 0 Å². The summed E-state index contributed by atoms with van der Waals surface area (Å²) in [7, 11) is 1.55. The maximum atomic E-state index is 11.7. The predicted octanol–water partition coefficient (Wildman–Crippen LogP) is 2.18. The van der Waals surface area contributed by atoms with E-state index in [2.05, 4.69) is 10.9 Å². The van der Waals surface area contributed by atoms with E-state index in [1.54, 1.807) is 31.4 Å². The second-order valence-electron chi connectivity index (χ2n) is 6.37. The maximum absolute atomic E-state index is 11.7. The fourth-order valence-electron chi connectivity index (χ4n) is 2.45. The van der Waals surface area contributed by atoms with Crippen LogP contribution in [0.3, 0.4) is 0 Å². The van der Waals surface area contributed by atoms with Crippen LogP contribution in [0.15, 0.2) is 54.6 Å². The van der Waals surface area contributed by atoms with Gasteiger partial charge in [0.05, 0.1) is 20.1 Å². The van der Waals surface area contributed by atoms with E-state index in [4.69, 9.17) is 14.2 Å². The van der Waals surface area contributed by atoms with Gasteiger partial charge in [-0.25, -0.2) is 0 Å². The molecular weight excluding hydrogens is 388 g/mol. The second kappa shape index (κ2) is 12.8. The van der Waals surface area contributed by atoms with Gasteiger partial charge in [0.25, 0.3) is 5.91 Å². The van der Waals surface area contributed by atoms with Crippen molar-refractivity contribution in [1.82, 2.24) is 10.9 Å². The van der Waals surface area contributed by atoms with Crippen LogP contribution in [0.25, 0.3) is 0 Å². The van der Waals surface area contributed by atoms with E-state index in [0.29, 0.717) is 24.5 Å². The van der Waals surface area contributed by atoms with Crippen molar-refractivity contribution in [3.05, 3.63) is 60.2 Å². The molecule has 0 spiro atoms. The summed E-state index contributed by atoms with van der Waals surface area (Å²) < 4.78 is 15.4. The van der Waals surface area contributed by atoms with Crippen LogP contribution in [0.2, 0.25) is 0 Å². The Bertz CT molecular complexity index is 808. The van der Waals surface area contributed by atoms with Gasteiger partial charge in [-0.1, -0.05) is 30.3 Å². The summed E-state index contributed by atoms with van der Waals surface area (Å²) >= 11 is 0. The third-order valence-electron chi connectivity index (χ3n) is 4.04. The Hall–Kier alpha value is -3.55. The molecule has 0 saturated heterocycles. The number of hydrogen-bond donors (Lipinski definition) is 2. The summed E-state index contributed by atoms with van der Waals surface area (Å²) in [4.78, 5) is 35.1. The molecule has 30 heavy (non-hydrogen) atoms. The fraction of sp³-hybridized carbons (Fsp3) is 0.318. The lowest BCUT2D eigenvalue weighted by atomic mass is 10.1. The first-order valence-corrected chi connectivity index (χ1v) is 9.61. The number of carbonyl (C=O) groups excluding carboxylic acids is 3. The van der Waals surface area contributed by atoms with E-state index >= 15 is 0 Å². The summed E-state index contributed by atoms with van der Waals surface area (Å²) in [6.07, 6.45) is 1.39. The zero-order valence-electron chi connectivity index (χ0n) is 16.9. The fourth-order valence-corrected chi connectivity index (χ4v) is 2.45. The van der Waals surface area contributed by atoms with Gasteiger partial charge in [-0.2, -0.15) is 0 Å². The van der Waals surface area contributed by atoms with Crippen molar-refractivity contribution in [2.75, 3.05) is 20.3 Å². The monoisotopic (exact) mass is 414 g/mol. The molecule has 0 aliphatic heterocycles. The highest BCUT2D eigenvalue weighted by atomic mass is 16.5. The second-order valence-corrected chi connectivity index (χ2v) is 6.37. The van der Waals surface area contributed by atoms with Gasteiger partial charge in [-0.15, -0.1) is 0 Å². The molecular formula is C22H26N2O6. The van der Waals surface area contributed by atoms with Crippen LogP contribution < -0.4 is 20.3 Å². The molecule has 0 bridgehead atoms. The highest BCUT2D eigenvalue weighted by Crippen LogP contribution is 2.16. The molecule has 0 radical (unpaired) electrons. The zero-order valence-corrected chi connectivity index (χ0v) is 16.9. The Labute approximate surface area is 175 Å². The first kappa shape index (κ1) is 22.7. The average molecular weight is 414 g/mol. The number of esters is 1. The number of nitrogens with one attached hydrogen (secondary N) is 2. The van der Waals surface area contributed by atoms with Crippen molar-refractivity contribution in [2.45, 2.75) is 25.7 Å². The SMILES string of the molecule is COc1ccc(OCC(=O)NNC(=O)CCC(=O)OCCCc2ccccc2)cc1. The van der Waals surface area contributed by atoms with Gasteiger partial charge in [0.1, 0.15) is 11.5 Å². The molecule has 2 aromatic carbocycles. The normalized spacial score (nSPS) is 10.0. The van der Waals surface area contributed by atoms with Crippen molar-refractivity contribution in [3.8, 4) is 11.5 Å². The van der Waals surface area contributed by atoms with Gasteiger partial charge in [-0.3, -0.25) is 25.2 Å². The first-order chi connectivity index (χ1) is 14.6.